The lowest BCUT2D eigenvalue weighted by molar-refractivity contribution is 0.0955. The van der Waals surface area contributed by atoms with Gasteiger partial charge in [0.05, 0.1) is 16.3 Å². The lowest BCUT2D eigenvalue weighted by Crippen LogP contribution is -2.21. The highest BCUT2D eigenvalue weighted by atomic mass is 32.1. The van der Waals surface area contributed by atoms with Crippen LogP contribution in [0, 0.1) is 0 Å². The van der Waals surface area contributed by atoms with Crippen LogP contribution in [-0.4, -0.2) is 21.1 Å². The number of para-hydroxylation sites is 1. The molecule has 0 atom stereocenters. The van der Waals surface area contributed by atoms with E-state index in [1.807, 2.05) is 54.6 Å². The molecule has 132 valence electrons. The number of thiophene rings is 1. The van der Waals surface area contributed by atoms with Crippen molar-refractivity contribution in [3.8, 4) is 11.4 Å². The summed E-state index contributed by atoms with van der Waals surface area (Å²) < 4.78 is 0. The van der Waals surface area contributed by atoms with Crippen molar-refractivity contribution in [2.45, 2.75) is 6.54 Å². The van der Waals surface area contributed by atoms with Gasteiger partial charge in [0.2, 0.25) is 0 Å². The summed E-state index contributed by atoms with van der Waals surface area (Å²) in [5.74, 6) is -0.0792. The number of amides is 1. The summed E-state index contributed by atoms with van der Waals surface area (Å²) in [6.07, 6.45) is 0. The monoisotopic (exact) mass is 372 g/mol. The zero-order valence-electron chi connectivity index (χ0n) is 14.3. The molecular formula is C21H16N4OS. The van der Waals surface area contributed by atoms with Crippen LogP contribution in [0.4, 0.5) is 0 Å². The van der Waals surface area contributed by atoms with Crippen LogP contribution in [0.25, 0.3) is 32.5 Å². The van der Waals surface area contributed by atoms with Crippen molar-refractivity contribution in [2.24, 2.45) is 0 Å². The molecule has 0 bridgehead atoms. The molecule has 0 aliphatic rings. The zero-order chi connectivity index (χ0) is 18.2. The number of carbonyl (C=O) groups excluding carboxylic acids is 1. The third-order valence-corrected chi connectivity index (χ3v) is 5.60. The van der Waals surface area contributed by atoms with Crippen LogP contribution < -0.4 is 5.32 Å². The molecule has 5 nitrogen and oxygen atoms in total. The Morgan fingerprint density at radius 2 is 1.85 bits per heavy atom. The van der Waals surface area contributed by atoms with Gasteiger partial charge in [0.25, 0.3) is 5.91 Å². The van der Waals surface area contributed by atoms with E-state index >= 15 is 0 Å². The van der Waals surface area contributed by atoms with Gasteiger partial charge in [-0.05, 0) is 23.8 Å². The van der Waals surface area contributed by atoms with Crippen molar-refractivity contribution in [3.05, 3.63) is 77.2 Å². The van der Waals surface area contributed by atoms with Gasteiger partial charge in [-0.1, -0.05) is 48.5 Å². The second-order valence-corrected chi connectivity index (χ2v) is 7.40. The Labute approximate surface area is 159 Å². The molecule has 0 spiro atoms. The molecule has 0 radical (unpaired) electrons. The highest BCUT2D eigenvalue weighted by Crippen LogP contribution is 2.33. The lowest BCUT2D eigenvalue weighted by atomic mass is 10.2. The van der Waals surface area contributed by atoms with Crippen molar-refractivity contribution in [3.63, 3.8) is 0 Å². The minimum absolute atomic E-state index is 0.0792. The summed E-state index contributed by atoms with van der Waals surface area (Å²) in [6, 6.07) is 22.0. The molecule has 1 amide bonds. The predicted molar refractivity (Wildman–Crippen MR) is 109 cm³/mol. The molecule has 0 aliphatic carbocycles. The van der Waals surface area contributed by atoms with Crippen molar-refractivity contribution in [2.75, 3.05) is 0 Å². The number of nitrogens with zero attached hydrogens (tertiary/aromatic N) is 1. The SMILES string of the molecule is O=C(NCc1ccccc1)c1cc2c(-c3cc4ccccc4[nH]3)[nH]nc2s1. The number of benzene rings is 2. The Bertz CT molecular complexity index is 1220. The normalized spacial score (nSPS) is 11.3. The fraction of sp³-hybridized carbons (Fsp3) is 0.0476. The third-order valence-electron chi connectivity index (χ3n) is 4.57. The smallest absolute Gasteiger partial charge is 0.261 e. The molecule has 6 heteroatoms. The van der Waals surface area contributed by atoms with E-state index < -0.39 is 0 Å². The number of H-pyrrole nitrogens is 2. The van der Waals surface area contributed by atoms with Crippen molar-refractivity contribution in [1.29, 1.82) is 0 Å². The fourth-order valence-corrected chi connectivity index (χ4v) is 4.11. The topological polar surface area (TPSA) is 73.6 Å². The predicted octanol–water partition coefficient (Wildman–Crippen LogP) is 4.70. The quantitative estimate of drug-likeness (QED) is 0.428. The molecule has 5 aromatic rings. The summed E-state index contributed by atoms with van der Waals surface area (Å²) in [4.78, 5) is 17.4. The van der Waals surface area contributed by atoms with Gasteiger partial charge < -0.3 is 10.3 Å². The van der Waals surface area contributed by atoms with Gasteiger partial charge in [0.1, 0.15) is 4.83 Å². The molecule has 0 fully saturated rings. The number of hydrogen-bond donors (Lipinski definition) is 3. The molecule has 2 aromatic carbocycles. The first kappa shape index (κ1) is 15.8. The molecule has 0 unspecified atom stereocenters. The van der Waals surface area contributed by atoms with E-state index in [0.717, 1.165) is 38.1 Å². The van der Waals surface area contributed by atoms with E-state index in [-0.39, 0.29) is 5.91 Å². The van der Waals surface area contributed by atoms with Crippen LogP contribution in [0.3, 0.4) is 0 Å². The molecule has 0 saturated heterocycles. The van der Waals surface area contributed by atoms with Crippen molar-refractivity contribution in [1.82, 2.24) is 20.5 Å². The largest absolute Gasteiger partial charge is 0.353 e. The zero-order valence-corrected chi connectivity index (χ0v) is 15.1. The number of rotatable bonds is 4. The Kier molecular flexibility index (Phi) is 3.76. The van der Waals surface area contributed by atoms with Gasteiger partial charge in [-0.15, -0.1) is 11.3 Å². The Morgan fingerprint density at radius 1 is 1.04 bits per heavy atom. The van der Waals surface area contributed by atoms with Crippen LogP contribution in [0.1, 0.15) is 15.2 Å². The first-order valence-corrected chi connectivity index (χ1v) is 9.48. The molecule has 3 N–H and O–H groups in total. The second-order valence-electron chi connectivity index (χ2n) is 6.37. The van der Waals surface area contributed by atoms with Crippen LogP contribution >= 0.6 is 11.3 Å². The highest BCUT2D eigenvalue weighted by Gasteiger charge is 2.17. The van der Waals surface area contributed by atoms with Gasteiger partial charge in [0, 0.05) is 22.8 Å². The molecule has 3 heterocycles. The van der Waals surface area contributed by atoms with Crippen LogP contribution in [0.2, 0.25) is 0 Å². The minimum atomic E-state index is -0.0792. The Morgan fingerprint density at radius 3 is 2.70 bits per heavy atom. The number of aromatic amines is 2. The molecule has 5 rings (SSSR count). The highest BCUT2D eigenvalue weighted by molar-refractivity contribution is 7.20. The lowest BCUT2D eigenvalue weighted by Gasteiger charge is -2.03. The van der Waals surface area contributed by atoms with Crippen molar-refractivity contribution < 1.29 is 4.79 Å². The van der Waals surface area contributed by atoms with E-state index in [0.29, 0.717) is 11.4 Å². The van der Waals surface area contributed by atoms with Crippen LogP contribution in [0.15, 0.2) is 66.7 Å². The maximum atomic E-state index is 12.5. The van der Waals surface area contributed by atoms with E-state index in [4.69, 9.17) is 0 Å². The fourth-order valence-electron chi connectivity index (χ4n) is 3.20. The maximum absolute atomic E-state index is 12.5. The second kappa shape index (κ2) is 6.41. The number of hydrogen-bond acceptors (Lipinski definition) is 3. The van der Waals surface area contributed by atoms with E-state index in [2.05, 4.69) is 32.6 Å². The van der Waals surface area contributed by atoms with E-state index in [1.165, 1.54) is 11.3 Å². The number of nitrogens with one attached hydrogen (secondary N) is 3. The standard InChI is InChI=1S/C21H16N4OS/c26-20(22-12-13-6-2-1-3-7-13)18-11-15-19(24-25-21(15)27-18)17-10-14-8-4-5-9-16(14)23-17/h1-11,23H,12H2,(H,22,26)(H,24,25). The van der Waals surface area contributed by atoms with Crippen molar-refractivity contribution >= 4 is 38.4 Å². The maximum Gasteiger partial charge on any atom is 0.261 e. The molecule has 3 aromatic heterocycles. The average molecular weight is 372 g/mol. The minimum Gasteiger partial charge on any atom is -0.353 e. The van der Waals surface area contributed by atoms with Crippen LogP contribution in [0.5, 0.6) is 0 Å². The van der Waals surface area contributed by atoms with Gasteiger partial charge in [-0.25, -0.2) is 0 Å². The summed E-state index contributed by atoms with van der Waals surface area (Å²) in [7, 11) is 0. The summed E-state index contributed by atoms with van der Waals surface area (Å²) in [5, 5.41) is 12.5. The molecule has 0 saturated carbocycles. The molecule has 27 heavy (non-hydrogen) atoms. The molecule has 0 aliphatic heterocycles. The number of carbonyl (C=O) groups is 1. The first-order valence-electron chi connectivity index (χ1n) is 8.66. The third kappa shape index (κ3) is 2.90. The van der Waals surface area contributed by atoms with Gasteiger partial charge in [0.15, 0.2) is 0 Å². The van der Waals surface area contributed by atoms with Crippen LogP contribution in [-0.2, 0) is 6.54 Å². The number of fused-ring (bicyclic) bond motifs is 2. The summed E-state index contributed by atoms with van der Waals surface area (Å²) in [5.41, 5.74) is 4.02. The van der Waals surface area contributed by atoms with Gasteiger partial charge in [-0.2, -0.15) is 5.10 Å². The first-order chi connectivity index (χ1) is 13.3. The summed E-state index contributed by atoms with van der Waals surface area (Å²) >= 11 is 1.39. The number of aromatic nitrogens is 3. The Balaban J connectivity index is 1.43. The molecular weight excluding hydrogens is 356 g/mol. The van der Waals surface area contributed by atoms with E-state index in [9.17, 15) is 4.79 Å². The van der Waals surface area contributed by atoms with Gasteiger partial charge in [-0.3, -0.25) is 9.89 Å². The van der Waals surface area contributed by atoms with E-state index in [1.54, 1.807) is 0 Å². The van der Waals surface area contributed by atoms with Gasteiger partial charge >= 0.3 is 0 Å². The summed E-state index contributed by atoms with van der Waals surface area (Å²) in [6.45, 7) is 0.510. The Hall–Kier alpha value is -3.38. The average Bonchev–Trinajstić information content (AvgIpc) is 3.40.